The Balaban J connectivity index is 2.14. The van der Waals surface area contributed by atoms with Crippen LogP contribution >= 0.6 is 23.2 Å². The lowest BCUT2D eigenvalue weighted by Crippen LogP contribution is -2.06. The predicted molar refractivity (Wildman–Crippen MR) is 73.2 cm³/mol. The van der Waals surface area contributed by atoms with Crippen molar-refractivity contribution in [3.8, 4) is 0 Å². The molecule has 0 spiro atoms. The van der Waals surface area contributed by atoms with Crippen molar-refractivity contribution in [1.82, 2.24) is 15.2 Å². The molecule has 94 valence electrons. The van der Waals surface area contributed by atoms with Gasteiger partial charge in [-0.2, -0.15) is 10.2 Å². The van der Waals surface area contributed by atoms with Gasteiger partial charge in [0.1, 0.15) is 11.6 Å². The van der Waals surface area contributed by atoms with Gasteiger partial charge >= 0.3 is 0 Å². The molecule has 5 nitrogen and oxygen atoms in total. The summed E-state index contributed by atoms with van der Waals surface area (Å²) in [4.78, 5) is 4.27. The van der Waals surface area contributed by atoms with E-state index in [-0.39, 0.29) is 0 Å². The number of aromatic nitrogens is 3. The van der Waals surface area contributed by atoms with E-state index < -0.39 is 0 Å². The maximum Gasteiger partial charge on any atom is 0.147 e. The molecule has 0 saturated heterocycles. The molecule has 0 saturated carbocycles. The minimum atomic E-state index is 0.461. The first-order valence-electron chi connectivity index (χ1n) is 5.25. The molecule has 0 aliphatic rings. The van der Waals surface area contributed by atoms with Crippen LogP contribution in [0.4, 0.5) is 11.6 Å². The van der Waals surface area contributed by atoms with Crippen molar-refractivity contribution in [3.05, 3.63) is 40.1 Å². The zero-order chi connectivity index (χ0) is 13.0. The number of halogens is 2. The quantitative estimate of drug-likeness (QED) is 0.904. The molecule has 18 heavy (non-hydrogen) atoms. The number of rotatable bonds is 4. The van der Waals surface area contributed by atoms with Crippen LogP contribution in [0.2, 0.25) is 10.0 Å². The van der Waals surface area contributed by atoms with Crippen LogP contribution in [0.5, 0.6) is 0 Å². The van der Waals surface area contributed by atoms with Crippen molar-refractivity contribution in [2.45, 2.75) is 6.54 Å². The maximum absolute atomic E-state index is 6.05. The lowest BCUT2D eigenvalue weighted by molar-refractivity contribution is 0.921. The molecule has 0 aliphatic carbocycles. The van der Waals surface area contributed by atoms with Crippen LogP contribution in [-0.2, 0) is 6.54 Å². The highest BCUT2D eigenvalue weighted by molar-refractivity contribution is 6.37. The standard InChI is InChI=1S/C11H11Cl2N5/c1-14-10-8(12)5-9(13)11(17-10)15-6-7-3-2-4-16-18-7/h2-5H,6H2,1H3,(H2,14,15,17). The summed E-state index contributed by atoms with van der Waals surface area (Å²) in [6.07, 6.45) is 1.62. The van der Waals surface area contributed by atoms with Gasteiger partial charge in [-0.15, -0.1) is 0 Å². The summed E-state index contributed by atoms with van der Waals surface area (Å²) in [6.45, 7) is 0.491. The van der Waals surface area contributed by atoms with Crippen molar-refractivity contribution < 1.29 is 0 Å². The number of hydrogen-bond acceptors (Lipinski definition) is 5. The molecule has 0 atom stereocenters. The van der Waals surface area contributed by atoms with Gasteiger partial charge in [-0.1, -0.05) is 23.2 Å². The Morgan fingerprint density at radius 3 is 2.67 bits per heavy atom. The van der Waals surface area contributed by atoms with Crippen molar-refractivity contribution >= 4 is 34.8 Å². The third kappa shape index (κ3) is 3.00. The first kappa shape index (κ1) is 12.9. The van der Waals surface area contributed by atoms with Gasteiger partial charge in [0.25, 0.3) is 0 Å². The first-order chi connectivity index (χ1) is 8.70. The highest BCUT2D eigenvalue weighted by Crippen LogP contribution is 2.28. The second kappa shape index (κ2) is 5.84. The molecule has 0 amide bonds. The molecule has 0 unspecified atom stereocenters. The Morgan fingerprint density at radius 1 is 1.22 bits per heavy atom. The third-order valence-electron chi connectivity index (χ3n) is 2.23. The molecule has 2 heterocycles. The summed E-state index contributed by atoms with van der Waals surface area (Å²) in [6, 6.07) is 5.32. The van der Waals surface area contributed by atoms with Crippen molar-refractivity contribution in [3.63, 3.8) is 0 Å². The molecule has 0 aromatic carbocycles. The topological polar surface area (TPSA) is 62.7 Å². The van der Waals surface area contributed by atoms with E-state index in [1.165, 1.54) is 0 Å². The lowest BCUT2D eigenvalue weighted by atomic mass is 10.3. The highest BCUT2D eigenvalue weighted by Gasteiger charge is 2.08. The van der Waals surface area contributed by atoms with E-state index >= 15 is 0 Å². The largest absolute Gasteiger partial charge is 0.372 e. The Morgan fingerprint density at radius 2 is 2.00 bits per heavy atom. The summed E-state index contributed by atoms with van der Waals surface area (Å²) in [7, 11) is 1.74. The van der Waals surface area contributed by atoms with Crippen molar-refractivity contribution in [2.75, 3.05) is 17.7 Å². The Bertz CT molecular complexity index is 532. The van der Waals surface area contributed by atoms with Crippen LogP contribution in [0.15, 0.2) is 24.4 Å². The number of nitrogens with zero attached hydrogens (tertiary/aromatic N) is 3. The smallest absolute Gasteiger partial charge is 0.147 e. The zero-order valence-electron chi connectivity index (χ0n) is 9.61. The van der Waals surface area contributed by atoms with Crippen LogP contribution in [0.25, 0.3) is 0 Å². The lowest BCUT2D eigenvalue weighted by Gasteiger charge is -2.10. The number of anilines is 2. The minimum absolute atomic E-state index is 0.461. The fraction of sp³-hybridized carbons (Fsp3) is 0.182. The van der Waals surface area contributed by atoms with Gasteiger partial charge in [0.05, 0.1) is 22.3 Å². The van der Waals surface area contributed by atoms with E-state index in [1.807, 2.05) is 12.1 Å². The molecule has 2 aromatic heterocycles. The van der Waals surface area contributed by atoms with Gasteiger partial charge < -0.3 is 10.6 Å². The summed E-state index contributed by atoms with van der Waals surface area (Å²) < 4.78 is 0. The summed E-state index contributed by atoms with van der Waals surface area (Å²) >= 11 is 12.0. The molecule has 0 aliphatic heterocycles. The second-order valence-corrected chi connectivity index (χ2v) is 4.28. The van der Waals surface area contributed by atoms with E-state index in [2.05, 4.69) is 25.8 Å². The number of hydrogen-bond donors (Lipinski definition) is 2. The van der Waals surface area contributed by atoms with Crippen LogP contribution < -0.4 is 10.6 Å². The zero-order valence-corrected chi connectivity index (χ0v) is 11.1. The van der Waals surface area contributed by atoms with Crippen LogP contribution in [-0.4, -0.2) is 22.2 Å². The van der Waals surface area contributed by atoms with E-state index in [0.717, 1.165) is 5.69 Å². The number of nitrogens with one attached hydrogen (secondary N) is 2. The Labute approximate surface area is 115 Å². The van der Waals surface area contributed by atoms with Gasteiger partial charge in [-0.3, -0.25) is 0 Å². The van der Waals surface area contributed by atoms with Crippen LogP contribution in [0.3, 0.4) is 0 Å². The number of pyridine rings is 1. The van der Waals surface area contributed by atoms with E-state index in [4.69, 9.17) is 23.2 Å². The molecular weight excluding hydrogens is 273 g/mol. The monoisotopic (exact) mass is 283 g/mol. The fourth-order valence-electron chi connectivity index (χ4n) is 1.37. The first-order valence-corrected chi connectivity index (χ1v) is 6.00. The maximum atomic E-state index is 6.05. The van der Waals surface area contributed by atoms with Crippen LogP contribution in [0.1, 0.15) is 5.69 Å². The SMILES string of the molecule is CNc1nc(NCc2cccnn2)c(Cl)cc1Cl. The molecule has 0 radical (unpaired) electrons. The van der Waals surface area contributed by atoms with Gasteiger partial charge in [0.15, 0.2) is 0 Å². The van der Waals surface area contributed by atoms with Gasteiger partial charge in [0, 0.05) is 13.2 Å². The summed E-state index contributed by atoms with van der Waals surface area (Å²) in [5.74, 6) is 1.12. The summed E-state index contributed by atoms with van der Waals surface area (Å²) in [5, 5.41) is 14.7. The van der Waals surface area contributed by atoms with E-state index in [9.17, 15) is 0 Å². The molecule has 2 aromatic rings. The average Bonchev–Trinajstić information content (AvgIpc) is 2.39. The normalized spacial score (nSPS) is 10.2. The predicted octanol–water partition coefficient (Wildman–Crippen LogP) is 2.83. The van der Waals surface area contributed by atoms with E-state index in [0.29, 0.717) is 28.2 Å². The molecule has 0 bridgehead atoms. The van der Waals surface area contributed by atoms with Gasteiger partial charge in [-0.05, 0) is 18.2 Å². The van der Waals surface area contributed by atoms with Gasteiger partial charge in [-0.25, -0.2) is 4.98 Å². The van der Waals surface area contributed by atoms with Crippen molar-refractivity contribution in [1.29, 1.82) is 0 Å². The molecule has 7 heteroatoms. The minimum Gasteiger partial charge on any atom is -0.372 e. The fourth-order valence-corrected chi connectivity index (χ4v) is 1.89. The van der Waals surface area contributed by atoms with Gasteiger partial charge in [0.2, 0.25) is 0 Å². The molecule has 2 rings (SSSR count). The Hall–Kier alpha value is -1.59. The Kier molecular flexibility index (Phi) is 4.17. The van der Waals surface area contributed by atoms with Crippen LogP contribution in [0, 0.1) is 0 Å². The summed E-state index contributed by atoms with van der Waals surface area (Å²) in [5.41, 5.74) is 0.802. The molecular formula is C11H11Cl2N5. The molecule has 0 fully saturated rings. The average molecular weight is 284 g/mol. The highest BCUT2D eigenvalue weighted by atomic mass is 35.5. The van der Waals surface area contributed by atoms with E-state index in [1.54, 1.807) is 19.3 Å². The molecule has 2 N–H and O–H groups in total. The third-order valence-corrected chi connectivity index (χ3v) is 2.81. The second-order valence-electron chi connectivity index (χ2n) is 3.47. The van der Waals surface area contributed by atoms with Crippen molar-refractivity contribution in [2.24, 2.45) is 0 Å².